The molecule has 0 spiro atoms. The van der Waals surface area contributed by atoms with Gasteiger partial charge in [0.1, 0.15) is 5.82 Å². The molecule has 2 N–H and O–H groups in total. The van der Waals surface area contributed by atoms with Crippen LogP contribution < -0.4 is 5.14 Å². The van der Waals surface area contributed by atoms with Crippen molar-refractivity contribution in [2.45, 2.75) is 24.8 Å². The standard InChI is InChI=1S/C10H11BrFNO4S/c1-5(2)17-10(14)6-3-7(12)9(11)8(4-6)18(13,15)16/h3-5H,1-2H3,(H2,13,15,16). The highest BCUT2D eigenvalue weighted by Gasteiger charge is 2.21. The van der Waals surface area contributed by atoms with Crippen molar-refractivity contribution in [2.75, 3.05) is 0 Å². The number of benzene rings is 1. The zero-order valence-electron chi connectivity index (χ0n) is 9.61. The molecule has 0 aliphatic rings. The summed E-state index contributed by atoms with van der Waals surface area (Å²) in [7, 11) is -4.14. The van der Waals surface area contributed by atoms with Gasteiger partial charge in [0.25, 0.3) is 0 Å². The first-order valence-corrected chi connectivity index (χ1v) is 7.19. The third-order valence-corrected chi connectivity index (χ3v) is 3.88. The zero-order chi connectivity index (χ0) is 14.1. The number of halogens is 2. The molecule has 0 atom stereocenters. The average Bonchev–Trinajstić information content (AvgIpc) is 2.18. The minimum atomic E-state index is -4.14. The van der Waals surface area contributed by atoms with Crippen LogP contribution in [-0.2, 0) is 14.8 Å². The van der Waals surface area contributed by atoms with E-state index >= 15 is 0 Å². The zero-order valence-corrected chi connectivity index (χ0v) is 12.0. The molecule has 1 aromatic carbocycles. The van der Waals surface area contributed by atoms with E-state index in [9.17, 15) is 17.6 Å². The lowest BCUT2D eigenvalue weighted by Crippen LogP contribution is -2.16. The minimum Gasteiger partial charge on any atom is -0.459 e. The van der Waals surface area contributed by atoms with Crippen LogP contribution in [0.2, 0.25) is 0 Å². The summed E-state index contributed by atoms with van der Waals surface area (Å²) in [6.07, 6.45) is -0.401. The largest absolute Gasteiger partial charge is 0.459 e. The second-order valence-corrected chi connectivity index (χ2v) is 6.09. The Morgan fingerprint density at radius 1 is 1.44 bits per heavy atom. The van der Waals surface area contributed by atoms with Crippen LogP contribution in [0.5, 0.6) is 0 Å². The number of nitrogens with two attached hydrogens (primary N) is 1. The number of ether oxygens (including phenoxy) is 1. The van der Waals surface area contributed by atoms with Crippen molar-refractivity contribution >= 4 is 31.9 Å². The van der Waals surface area contributed by atoms with Crippen molar-refractivity contribution in [1.29, 1.82) is 0 Å². The lowest BCUT2D eigenvalue weighted by Gasteiger charge is -2.10. The number of hydrogen-bond acceptors (Lipinski definition) is 4. The molecule has 0 aliphatic heterocycles. The average molecular weight is 340 g/mol. The Balaban J connectivity index is 3.34. The minimum absolute atomic E-state index is 0.214. The Morgan fingerprint density at radius 2 is 2.00 bits per heavy atom. The highest BCUT2D eigenvalue weighted by Crippen LogP contribution is 2.26. The predicted molar refractivity (Wildman–Crippen MR) is 66.0 cm³/mol. The van der Waals surface area contributed by atoms with Crippen molar-refractivity contribution in [3.8, 4) is 0 Å². The number of sulfonamides is 1. The first-order valence-electron chi connectivity index (χ1n) is 4.85. The Morgan fingerprint density at radius 3 is 2.44 bits per heavy atom. The van der Waals surface area contributed by atoms with Crippen molar-refractivity contribution in [3.63, 3.8) is 0 Å². The summed E-state index contributed by atoms with van der Waals surface area (Å²) in [4.78, 5) is 11.1. The molecule has 0 aromatic heterocycles. The highest BCUT2D eigenvalue weighted by molar-refractivity contribution is 9.10. The van der Waals surface area contributed by atoms with Gasteiger partial charge in [-0.1, -0.05) is 0 Å². The second kappa shape index (κ2) is 5.33. The van der Waals surface area contributed by atoms with Gasteiger partial charge in [-0.15, -0.1) is 0 Å². The van der Waals surface area contributed by atoms with E-state index in [0.717, 1.165) is 12.1 Å². The van der Waals surface area contributed by atoms with Gasteiger partial charge >= 0.3 is 5.97 Å². The van der Waals surface area contributed by atoms with E-state index < -0.39 is 32.8 Å². The lowest BCUT2D eigenvalue weighted by molar-refractivity contribution is 0.0377. The quantitative estimate of drug-likeness (QED) is 0.850. The molecule has 0 aliphatic carbocycles. The van der Waals surface area contributed by atoms with Crippen LogP contribution in [0.4, 0.5) is 4.39 Å². The van der Waals surface area contributed by atoms with E-state index in [1.54, 1.807) is 13.8 Å². The second-order valence-electron chi connectivity index (χ2n) is 3.77. The summed E-state index contributed by atoms with van der Waals surface area (Å²) in [6, 6.07) is 1.84. The van der Waals surface area contributed by atoms with Gasteiger partial charge in [-0.3, -0.25) is 0 Å². The summed E-state index contributed by atoms with van der Waals surface area (Å²) in [6.45, 7) is 3.24. The maximum atomic E-state index is 13.5. The maximum Gasteiger partial charge on any atom is 0.338 e. The van der Waals surface area contributed by atoms with Crippen LogP contribution in [-0.4, -0.2) is 20.5 Å². The molecule has 0 fully saturated rings. The molecule has 0 saturated carbocycles. The van der Waals surface area contributed by atoms with Gasteiger partial charge in [0.05, 0.1) is 21.0 Å². The third kappa shape index (κ3) is 3.50. The highest BCUT2D eigenvalue weighted by atomic mass is 79.9. The summed E-state index contributed by atoms with van der Waals surface area (Å²) in [5, 5.41) is 4.92. The lowest BCUT2D eigenvalue weighted by atomic mass is 10.2. The van der Waals surface area contributed by atoms with Crippen molar-refractivity contribution in [1.82, 2.24) is 0 Å². The van der Waals surface area contributed by atoms with Gasteiger partial charge in [-0.25, -0.2) is 22.7 Å². The number of rotatable bonds is 3. The Bertz CT molecular complexity index is 586. The van der Waals surface area contributed by atoms with Crippen LogP contribution in [0.1, 0.15) is 24.2 Å². The van der Waals surface area contributed by atoms with E-state index in [1.807, 2.05) is 0 Å². The molecule has 18 heavy (non-hydrogen) atoms. The molecule has 1 aromatic rings. The smallest absolute Gasteiger partial charge is 0.338 e. The first-order chi connectivity index (χ1) is 8.12. The predicted octanol–water partition coefficient (Wildman–Crippen LogP) is 1.80. The van der Waals surface area contributed by atoms with Gasteiger partial charge in [0, 0.05) is 0 Å². The van der Waals surface area contributed by atoms with Crippen LogP contribution in [0.3, 0.4) is 0 Å². The van der Waals surface area contributed by atoms with Crippen molar-refractivity contribution in [3.05, 3.63) is 28.0 Å². The molecule has 0 bridgehead atoms. The fourth-order valence-corrected chi connectivity index (χ4v) is 2.72. The fourth-order valence-electron chi connectivity index (χ4n) is 1.17. The monoisotopic (exact) mass is 339 g/mol. The molecular weight excluding hydrogens is 329 g/mol. The molecule has 0 amide bonds. The van der Waals surface area contributed by atoms with Gasteiger partial charge in [-0.2, -0.15) is 0 Å². The third-order valence-electron chi connectivity index (χ3n) is 1.88. The summed E-state index contributed by atoms with van der Waals surface area (Å²) >= 11 is 2.76. The summed E-state index contributed by atoms with van der Waals surface area (Å²) in [5.74, 6) is -1.72. The molecule has 100 valence electrons. The van der Waals surface area contributed by atoms with Gasteiger partial charge in [0.2, 0.25) is 10.0 Å². The molecule has 8 heteroatoms. The number of carbonyl (C=O) groups is 1. The number of primary sulfonamides is 1. The van der Waals surface area contributed by atoms with Gasteiger partial charge in [-0.05, 0) is 41.9 Å². The molecular formula is C10H11BrFNO4S. The van der Waals surface area contributed by atoms with E-state index in [2.05, 4.69) is 15.9 Å². The number of hydrogen-bond donors (Lipinski definition) is 1. The van der Waals surface area contributed by atoms with E-state index in [-0.39, 0.29) is 10.0 Å². The SMILES string of the molecule is CC(C)OC(=O)c1cc(F)c(Br)c(S(N)(=O)=O)c1. The van der Waals surface area contributed by atoms with Crippen LogP contribution in [0.15, 0.2) is 21.5 Å². The van der Waals surface area contributed by atoms with Crippen LogP contribution in [0.25, 0.3) is 0 Å². The maximum absolute atomic E-state index is 13.5. The van der Waals surface area contributed by atoms with E-state index in [4.69, 9.17) is 9.88 Å². The van der Waals surface area contributed by atoms with Crippen molar-refractivity contribution < 1.29 is 22.3 Å². The molecule has 0 radical (unpaired) electrons. The summed E-state index contributed by atoms with van der Waals surface area (Å²) < 4.78 is 40.5. The Labute approximate surface area is 112 Å². The molecule has 0 heterocycles. The van der Waals surface area contributed by atoms with E-state index in [0.29, 0.717) is 0 Å². The number of esters is 1. The van der Waals surface area contributed by atoms with Crippen LogP contribution >= 0.6 is 15.9 Å². The van der Waals surface area contributed by atoms with Crippen molar-refractivity contribution in [2.24, 2.45) is 5.14 Å². The Kier molecular flexibility index (Phi) is 4.46. The van der Waals surface area contributed by atoms with Crippen LogP contribution in [0, 0.1) is 5.82 Å². The fraction of sp³-hybridized carbons (Fsp3) is 0.300. The Hall–Kier alpha value is -0.990. The summed E-state index contributed by atoms with van der Waals surface area (Å²) in [5.41, 5.74) is -0.214. The topological polar surface area (TPSA) is 86.5 Å². The van der Waals surface area contributed by atoms with Gasteiger partial charge in [0.15, 0.2) is 0 Å². The first kappa shape index (κ1) is 15.1. The van der Waals surface area contributed by atoms with E-state index in [1.165, 1.54) is 0 Å². The molecule has 5 nitrogen and oxygen atoms in total. The molecule has 0 unspecified atom stereocenters. The van der Waals surface area contributed by atoms with Gasteiger partial charge < -0.3 is 4.74 Å². The molecule has 0 saturated heterocycles. The number of carbonyl (C=O) groups excluding carboxylic acids is 1. The normalized spacial score (nSPS) is 11.7. The molecule has 1 rings (SSSR count).